The fraction of sp³-hybridized carbons (Fsp3) is 0.167. The summed E-state index contributed by atoms with van der Waals surface area (Å²) in [6, 6.07) is 8.42. The van der Waals surface area contributed by atoms with E-state index in [0.717, 1.165) is 0 Å². The number of benzene rings is 2. The zero-order chi connectivity index (χ0) is 11.3. The van der Waals surface area contributed by atoms with E-state index in [-0.39, 0.29) is 11.5 Å². The molecule has 3 rings (SSSR count). The number of aromatic hydroxyl groups is 2. The summed E-state index contributed by atoms with van der Waals surface area (Å²) in [6.45, 7) is 0. The van der Waals surface area contributed by atoms with Crippen LogP contribution in [0.3, 0.4) is 0 Å². The minimum absolute atomic E-state index is 0.0509. The quantitative estimate of drug-likeness (QED) is 0.502. The summed E-state index contributed by atoms with van der Waals surface area (Å²) in [6.07, 6.45) is -1.41. The Bertz CT molecular complexity index is 564. The Morgan fingerprint density at radius 3 is 2.31 bits per heavy atom. The van der Waals surface area contributed by atoms with E-state index in [1.54, 1.807) is 24.3 Å². The zero-order valence-corrected chi connectivity index (χ0v) is 8.29. The van der Waals surface area contributed by atoms with Gasteiger partial charge in [-0.15, -0.1) is 0 Å². The molecule has 0 aromatic heterocycles. The molecule has 16 heavy (non-hydrogen) atoms. The Hall–Kier alpha value is -1.78. The van der Waals surface area contributed by atoms with Crippen LogP contribution in [0.2, 0.25) is 0 Å². The van der Waals surface area contributed by atoms with Crippen molar-refractivity contribution >= 4 is 10.8 Å². The summed E-state index contributed by atoms with van der Waals surface area (Å²) in [7, 11) is 0. The Morgan fingerprint density at radius 1 is 1.06 bits per heavy atom. The summed E-state index contributed by atoms with van der Waals surface area (Å²) in [4.78, 5) is 0. The second-order valence-corrected chi connectivity index (χ2v) is 3.83. The van der Waals surface area contributed by atoms with Gasteiger partial charge in [0.25, 0.3) is 0 Å². The van der Waals surface area contributed by atoms with E-state index in [9.17, 15) is 10.2 Å². The molecule has 2 aromatic carbocycles. The minimum atomic E-state index is -0.883. The number of fused-ring (bicyclic) bond motifs is 1. The molecule has 82 valence electrons. The van der Waals surface area contributed by atoms with Crippen LogP contribution < -0.4 is 0 Å². The molecule has 0 aliphatic carbocycles. The van der Waals surface area contributed by atoms with E-state index < -0.39 is 12.4 Å². The molecule has 0 bridgehead atoms. The molecule has 1 heterocycles. The highest BCUT2D eigenvalue weighted by Gasteiger charge is 2.41. The molecule has 2 unspecified atom stereocenters. The van der Waals surface area contributed by atoms with E-state index in [4.69, 9.17) is 9.84 Å². The summed E-state index contributed by atoms with van der Waals surface area (Å²) in [5.41, 5.74) is 0.420. The first-order valence-corrected chi connectivity index (χ1v) is 4.95. The first-order chi connectivity index (χ1) is 7.68. The number of phenolic OH excluding ortho intramolecular Hbond substituents is 2. The lowest BCUT2D eigenvalue weighted by Crippen LogP contribution is -1.88. The van der Waals surface area contributed by atoms with Gasteiger partial charge in [0.05, 0.1) is 0 Å². The molecule has 2 aromatic rings. The van der Waals surface area contributed by atoms with Gasteiger partial charge in [-0.25, -0.2) is 0 Å². The van der Waals surface area contributed by atoms with Crippen LogP contribution >= 0.6 is 0 Å². The predicted octanol–water partition coefficient (Wildman–Crippen LogP) is 1.64. The first-order valence-electron chi connectivity index (χ1n) is 4.95. The van der Waals surface area contributed by atoms with Crippen molar-refractivity contribution in [3.63, 3.8) is 0 Å². The van der Waals surface area contributed by atoms with Gasteiger partial charge >= 0.3 is 0 Å². The van der Waals surface area contributed by atoms with Gasteiger partial charge in [-0.05, 0) is 6.07 Å². The van der Waals surface area contributed by atoms with Crippen molar-refractivity contribution in [3.05, 3.63) is 35.9 Å². The lowest BCUT2D eigenvalue weighted by Gasteiger charge is -2.07. The molecule has 0 spiro atoms. The molecule has 4 nitrogen and oxygen atoms in total. The molecule has 0 amide bonds. The van der Waals surface area contributed by atoms with Crippen LogP contribution in [0.5, 0.6) is 11.5 Å². The van der Waals surface area contributed by atoms with Crippen molar-refractivity contribution in [2.24, 2.45) is 0 Å². The van der Waals surface area contributed by atoms with Crippen LogP contribution in [0.25, 0.3) is 10.8 Å². The van der Waals surface area contributed by atoms with Gasteiger partial charge in [-0.3, -0.25) is 0 Å². The standard InChI is InChI=1S/C12H10O4/c13-9-5-8(11-12(15)16-11)10(14)7-4-2-1-3-6(7)9/h1-5,11-15H. The second-order valence-electron chi connectivity index (χ2n) is 3.83. The highest BCUT2D eigenvalue weighted by molar-refractivity contribution is 5.94. The molecule has 1 saturated heterocycles. The molecule has 4 heteroatoms. The number of aliphatic hydroxyl groups excluding tert-OH is 1. The lowest BCUT2D eigenvalue weighted by atomic mass is 10.0. The summed E-state index contributed by atoms with van der Waals surface area (Å²) >= 11 is 0. The van der Waals surface area contributed by atoms with Gasteiger partial charge in [0, 0.05) is 16.3 Å². The number of hydrogen-bond acceptors (Lipinski definition) is 4. The van der Waals surface area contributed by atoms with Gasteiger partial charge < -0.3 is 20.1 Å². The van der Waals surface area contributed by atoms with Gasteiger partial charge in [0.15, 0.2) is 6.29 Å². The smallest absolute Gasteiger partial charge is 0.186 e. The van der Waals surface area contributed by atoms with Gasteiger partial charge in [-0.2, -0.15) is 0 Å². The number of ether oxygens (including phenoxy) is 1. The highest BCUT2D eigenvalue weighted by Crippen LogP contribution is 2.46. The van der Waals surface area contributed by atoms with Gasteiger partial charge in [0.1, 0.15) is 17.6 Å². The van der Waals surface area contributed by atoms with Crippen molar-refractivity contribution in [2.45, 2.75) is 12.4 Å². The normalized spacial score (nSPS) is 23.6. The first kappa shape index (κ1) is 9.45. The van der Waals surface area contributed by atoms with Crippen molar-refractivity contribution in [1.29, 1.82) is 0 Å². The highest BCUT2D eigenvalue weighted by atomic mass is 16.7. The average molecular weight is 218 g/mol. The van der Waals surface area contributed by atoms with Crippen molar-refractivity contribution in [3.8, 4) is 11.5 Å². The molecular weight excluding hydrogens is 208 g/mol. The van der Waals surface area contributed by atoms with Crippen LogP contribution in [-0.4, -0.2) is 21.6 Å². The molecule has 1 aliphatic rings. The fourth-order valence-electron chi connectivity index (χ4n) is 1.91. The minimum Gasteiger partial charge on any atom is -0.507 e. The van der Waals surface area contributed by atoms with Crippen LogP contribution in [0.1, 0.15) is 11.7 Å². The molecule has 1 aliphatic heterocycles. The second kappa shape index (κ2) is 3.10. The van der Waals surface area contributed by atoms with Gasteiger partial charge in [0.2, 0.25) is 0 Å². The molecule has 3 N–H and O–H groups in total. The monoisotopic (exact) mass is 218 g/mol. The number of phenols is 2. The molecule has 2 atom stereocenters. The average Bonchev–Trinajstić information content (AvgIpc) is 3.01. The number of rotatable bonds is 1. The summed E-state index contributed by atoms with van der Waals surface area (Å²) in [5.74, 6) is 0.126. The number of epoxide rings is 1. The molecule has 1 fully saturated rings. The molecule has 0 saturated carbocycles. The Morgan fingerprint density at radius 2 is 1.69 bits per heavy atom. The third-order valence-electron chi connectivity index (χ3n) is 2.80. The van der Waals surface area contributed by atoms with Crippen molar-refractivity contribution in [2.75, 3.05) is 0 Å². The van der Waals surface area contributed by atoms with Crippen LogP contribution in [-0.2, 0) is 4.74 Å². The fourth-order valence-corrected chi connectivity index (χ4v) is 1.91. The van der Waals surface area contributed by atoms with E-state index >= 15 is 0 Å². The number of hydrogen-bond donors (Lipinski definition) is 3. The summed E-state index contributed by atoms with van der Waals surface area (Å²) < 4.78 is 4.87. The maximum Gasteiger partial charge on any atom is 0.186 e. The maximum atomic E-state index is 10.00. The SMILES string of the molecule is Oc1cc(C2OC2O)c(O)c2ccccc12. The lowest BCUT2D eigenvalue weighted by molar-refractivity contribution is 0.156. The predicted molar refractivity (Wildman–Crippen MR) is 57.1 cm³/mol. The number of aliphatic hydroxyl groups is 1. The van der Waals surface area contributed by atoms with Crippen molar-refractivity contribution in [1.82, 2.24) is 0 Å². The topological polar surface area (TPSA) is 73.2 Å². The Balaban J connectivity index is 2.28. The Labute approximate surface area is 91.3 Å². The Kier molecular flexibility index (Phi) is 1.83. The van der Waals surface area contributed by atoms with Gasteiger partial charge in [-0.1, -0.05) is 24.3 Å². The third-order valence-corrected chi connectivity index (χ3v) is 2.80. The molecule has 0 radical (unpaired) electrons. The maximum absolute atomic E-state index is 10.00. The van der Waals surface area contributed by atoms with E-state index in [1.165, 1.54) is 6.07 Å². The summed E-state index contributed by atoms with van der Waals surface area (Å²) in [5, 5.41) is 30.1. The molecular formula is C12H10O4. The van der Waals surface area contributed by atoms with E-state index in [1.807, 2.05) is 0 Å². The van der Waals surface area contributed by atoms with Crippen molar-refractivity contribution < 1.29 is 20.1 Å². The van der Waals surface area contributed by atoms with E-state index in [2.05, 4.69) is 0 Å². The van der Waals surface area contributed by atoms with E-state index in [0.29, 0.717) is 16.3 Å². The van der Waals surface area contributed by atoms with Crippen LogP contribution in [0.4, 0.5) is 0 Å². The largest absolute Gasteiger partial charge is 0.507 e. The van der Waals surface area contributed by atoms with Crippen LogP contribution in [0, 0.1) is 0 Å². The zero-order valence-electron chi connectivity index (χ0n) is 8.29. The van der Waals surface area contributed by atoms with Crippen LogP contribution in [0.15, 0.2) is 30.3 Å². The third kappa shape index (κ3) is 1.24.